The second kappa shape index (κ2) is 13.4. The van der Waals surface area contributed by atoms with E-state index < -0.39 is 0 Å². The molecule has 0 N–H and O–H groups in total. The Morgan fingerprint density at radius 3 is 0.944 bits per heavy atom. The molecule has 3 aromatic carbocycles. The molecular formula is C27H30N6S3. The van der Waals surface area contributed by atoms with E-state index in [2.05, 4.69) is 87.5 Å². The van der Waals surface area contributed by atoms with Crippen LogP contribution in [0.3, 0.4) is 0 Å². The number of rotatable bonds is 12. The van der Waals surface area contributed by atoms with Crippen molar-refractivity contribution < 1.29 is 0 Å². The van der Waals surface area contributed by atoms with Gasteiger partial charge in [-0.15, -0.1) is 35.3 Å². The molecule has 0 radical (unpaired) electrons. The van der Waals surface area contributed by atoms with Crippen LogP contribution in [0.5, 0.6) is 0 Å². The van der Waals surface area contributed by atoms with Crippen LogP contribution in [0, 0.1) is 0 Å². The van der Waals surface area contributed by atoms with Gasteiger partial charge in [0.1, 0.15) is 0 Å². The van der Waals surface area contributed by atoms with Gasteiger partial charge in [0.2, 0.25) is 17.8 Å². The maximum absolute atomic E-state index is 4.83. The quantitative estimate of drug-likeness (QED) is 0.151. The van der Waals surface area contributed by atoms with E-state index >= 15 is 0 Å². The zero-order valence-electron chi connectivity index (χ0n) is 20.7. The lowest BCUT2D eigenvalue weighted by molar-refractivity contribution is 0.870. The van der Waals surface area contributed by atoms with E-state index in [4.69, 9.17) is 15.0 Å². The van der Waals surface area contributed by atoms with Gasteiger partial charge in [0.15, 0.2) is 0 Å². The first-order valence-electron chi connectivity index (χ1n) is 11.5. The van der Waals surface area contributed by atoms with Crippen molar-refractivity contribution in [1.29, 1.82) is 0 Å². The Hall–Kier alpha value is -2.88. The molecule has 0 fully saturated rings. The average molecular weight is 535 g/mol. The highest BCUT2D eigenvalue weighted by atomic mass is 32.2. The van der Waals surface area contributed by atoms with E-state index in [1.54, 1.807) is 35.3 Å². The summed E-state index contributed by atoms with van der Waals surface area (Å²) in [5.74, 6) is 4.18. The van der Waals surface area contributed by atoms with Gasteiger partial charge in [-0.2, -0.15) is 15.0 Å². The van der Waals surface area contributed by atoms with Crippen molar-refractivity contribution in [2.75, 3.05) is 53.5 Å². The first-order chi connectivity index (χ1) is 17.6. The minimum Gasteiger partial charge on any atom is -0.334 e. The Morgan fingerprint density at radius 1 is 0.444 bits per heavy atom. The van der Waals surface area contributed by atoms with Crippen LogP contribution >= 0.6 is 35.3 Å². The predicted octanol–water partition coefficient (Wildman–Crippen LogP) is 6.43. The third-order valence-corrected chi connectivity index (χ3v) is 8.49. The van der Waals surface area contributed by atoms with Gasteiger partial charge in [-0.1, -0.05) is 54.6 Å². The van der Waals surface area contributed by atoms with Crippen LogP contribution in [0.15, 0.2) is 106 Å². The maximum atomic E-state index is 4.83. The van der Waals surface area contributed by atoms with Gasteiger partial charge in [-0.25, -0.2) is 0 Å². The van der Waals surface area contributed by atoms with Crippen LogP contribution in [0.4, 0.5) is 17.8 Å². The van der Waals surface area contributed by atoms with E-state index in [0.717, 1.165) is 17.6 Å². The third-order valence-electron chi connectivity index (χ3n) is 5.13. The maximum Gasteiger partial charge on any atom is 0.232 e. The molecule has 0 saturated heterocycles. The third kappa shape index (κ3) is 7.81. The molecule has 1 heterocycles. The Labute approximate surface area is 226 Å². The monoisotopic (exact) mass is 534 g/mol. The molecule has 0 bridgehead atoms. The van der Waals surface area contributed by atoms with Gasteiger partial charge in [0, 0.05) is 35.8 Å². The fourth-order valence-electron chi connectivity index (χ4n) is 3.09. The minimum absolute atomic E-state index is 0.659. The van der Waals surface area contributed by atoms with Crippen LogP contribution in [-0.4, -0.2) is 53.7 Å². The topological polar surface area (TPSA) is 48.4 Å². The molecule has 9 heteroatoms. The lowest BCUT2D eigenvalue weighted by Crippen LogP contribution is -2.27. The van der Waals surface area contributed by atoms with Crippen molar-refractivity contribution in [1.82, 2.24) is 15.0 Å². The molecule has 36 heavy (non-hydrogen) atoms. The summed E-state index contributed by atoms with van der Waals surface area (Å²) in [6, 6.07) is 31.1. The summed E-state index contributed by atoms with van der Waals surface area (Å²) in [5.41, 5.74) is 0. The molecule has 0 aliphatic rings. The first-order valence-corrected chi connectivity index (χ1v) is 14.5. The lowest BCUT2D eigenvalue weighted by Gasteiger charge is -2.24. The summed E-state index contributed by atoms with van der Waals surface area (Å²) < 4.78 is 0. The van der Waals surface area contributed by atoms with Gasteiger partial charge in [-0.3, -0.25) is 0 Å². The summed E-state index contributed by atoms with van der Waals surface area (Å²) in [6.45, 7) is 0. The van der Waals surface area contributed by atoms with Gasteiger partial charge in [-0.05, 0) is 36.4 Å². The molecule has 0 unspecified atom stereocenters. The lowest BCUT2D eigenvalue weighted by atomic mass is 10.4. The number of thioether (sulfide) groups is 3. The number of nitrogens with zero attached hydrogens (tertiary/aromatic N) is 6. The molecule has 6 nitrogen and oxygen atoms in total. The van der Waals surface area contributed by atoms with Crippen LogP contribution in [0.1, 0.15) is 0 Å². The Balaban J connectivity index is 1.50. The molecule has 0 aliphatic heterocycles. The second-order valence-corrected chi connectivity index (χ2v) is 11.1. The SMILES string of the molecule is CN(CSc1ccccc1)c1nc(N(C)CSc2ccccc2)nc(N(C)CSc2ccccc2)n1. The van der Waals surface area contributed by atoms with Crippen LogP contribution in [0.2, 0.25) is 0 Å². The van der Waals surface area contributed by atoms with Crippen molar-refractivity contribution >= 4 is 53.1 Å². The van der Waals surface area contributed by atoms with Gasteiger partial charge >= 0.3 is 0 Å². The molecule has 1 aromatic heterocycles. The molecular weight excluding hydrogens is 505 g/mol. The Morgan fingerprint density at radius 2 is 0.694 bits per heavy atom. The van der Waals surface area contributed by atoms with Crippen LogP contribution in [-0.2, 0) is 0 Å². The van der Waals surface area contributed by atoms with Crippen molar-refractivity contribution in [2.45, 2.75) is 14.7 Å². The van der Waals surface area contributed by atoms with Crippen molar-refractivity contribution in [3.63, 3.8) is 0 Å². The Kier molecular flexibility index (Phi) is 9.77. The summed E-state index contributed by atoms with van der Waals surface area (Å²) in [4.78, 5) is 24.3. The van der Waals surface area contributed by atoms with E-state index in [1.165, 1.54) is 14.7 Å². The molecule has 0 atom stereocenters. The van der Waals surface area contributed by atoms with E-state index in [0.29, 0.717) is 17.8 Å². The van der Waals surface area contributed by atoms with Gasteiger partial charge < -0.3 is 14.7 Å². The molecule has 4 rings (SSSR count). The second-order valence-electron chi connectivity index (χ2n) is 8.09. The highest BCUT2D eigenvalue weighted by Crippen LogP contribution is 2.26. The highest BCUT2D eigenvalue weighted by Gasteiger charge is 2.16. The molecule has 4 aromatic rings. The van der Waals surface area contributed by atoms with E-state index in [-0.39, 0.29) is 0 Å². The predicted molar refractivity (Wildman–Crippen MR) is 157 cm³/mol. The summed E-state index contributed by atoms with van der Waals surface area (Å²) in [6.07, 6.45) is 0. The standard InChI is InChI=1S/C27H30N6S3/c1-31(19-34-22-13-7-4-8-14-22)25-28-26(32(2)20-35-23-15-9-5-10-16-23)30-27(29-25)33(3)21-36-24-17-11-6-12-18-24/h4-18H,19-21H2,1-3H3. The smallest absolute Gasteiger partial charge is 0.232 e. The largest absolute Gasteiger partial charge is 0.334 e. The molecule has 186 valence electrons. The fraction of sp³-hybridized carbons (Fsp3) is 0.222. The van der Waals surface area contributed by atoms with Crippen LogP contribution in [0.25, 0.3) is 0 Å². The number of benzene rings is 3. The number of hydrogen-bond donors (Lipinski definition) is 0. The van der Waals surface area contributed by atoms with Gasteiger partial charge in [0.25, 0.3) is 0 Å². The first kappa shape index (κ1) is 26.2. The molecule has 0 saturated carbocycles. The fourth-order valence-corrected chi connectivity index (χ4v) is 5.52. The number of aromatic nitrogens is 3. The zero-order chi connectivity index (χ0) is 25.2. The van der Waals surface area contributed by atoms with Crippen molar-refractivity contribution in [3.8, 4) is 0 Å². The summed E-state index contributed by atoms with van der Waals surface area (Å²) in [5, 5.41) is 0. The molecule has 0 spiro atoms. The Bertz CT molecular complexity index is 1030. The van der Waals surface area contributed by atoms with E-state index in [1.807, 2.05) is 39.3 Å². The van der Waals surface area contributed by atoms with E-state index in [9.17, 15) is 0 Å². The molecule has 0 aliphatic carbocycles. The summed E-state index contributed by atoms with van der Waals surface area (Å²) in [7, 11) is 6.07. The number of hydrogen-bond acceptors (Lipinski definition) is 9. The highest BCUT2D eigenvalue weighted by molar-refractivity contribution is 7.99. The normalized spacial score (nSPS) is 10.8. The minimum atomic E-state index is 0.659. The van der Waals surface area contributed by atoms with Gasteiger partial charge in [0.05, 0.1) is 17.6 Å². The van der Waals surface area contributed by atoms with Crippen LogP contribution < -0.4 is 14.7 Å². The van der Waals surface area contributed by atoms with Crippen molar-refractivity contribution in [2.24, 2.45) is 0 Å². The summed E-state index contributed by atoms with van der Waals surface area (Å²) >= 11 is 5.27. The zero-order valence-corrected chi connectivity index (χ0v) is 23.1. The average Bonchev–Trinajstić information content (AvgIpc) is 2.94. The van der Waals surface area contributed by atoms with Crippen molar-refractivity contribution in [3.05, 3.63) is 91.0 Å². The number of anilines is 3. The molecule has 0 amide bonds.